The largest absolute Gasteiger partial charge is 0.494 e. The Morgan fingerprint density at radius 1 is 1.09 bits per heavy atom. The molecule has 5 rings (SSSR count). The first kappa shape index (κ1) is 22.0. The van der Waals surface area contributed by atoms with Crippen LogP contribution in [-0.4, -0.2) is 49.5 Å². The van der Waals surface area contributed by atoms with Crippen molar-refractivity contribution >= 4 is 54.3 Å². The van der Waals surface area contributed by atoms with E-state index in [4.69, 9.17) is 4.74 Å². The summed E-state index contributed by atoms with van der Waals surface area (Å²) in [4.78, 5) is 27.1. The summed E-state index contributed by atoms with van der Waals surface area (Å²) in [7, 11) is -2.21. The molecule has 12 heteroatoms. The van der Waals surface area contributed by atoms with E-state index in [9.17, 15) is 13.2 Å². The number of fused-ring (bicyclic) bond motifs is 1. The van der Waals surface area contributed by atoms with E-state index < -0.39 is 10.0 Å². The van der Waals surface area contributed by atoms with Crippen molar-refractivity contribution < 1.29 is 17.9 Å². The zero-order valence-corrected chi connectivity index (χ0v) is 19.6. The van der Waals surface area contributed by atoms with Crippen LogP contribution in [0.5, 0.6) is 5.75 Å². The van der Waals surface area contributed by atoms with E-state index in [1.165, 1.54) is 24.5 Å². The number of nitrogens with zero attached hydrogens (tertiary/aromatic N) is 4. The van der Waals surface area contributed by atoms with Crippen molar-refractivity contribution in [2.45, 2.75) is 4.90 Å². The molecule has 174 valence electrons. The second kappa shape index (κ2) is 8.88. The van der Waals surface area contributed by atoms with Gasteiger partial charge in [-0.15, -0.1) is 0 Å². The molecule has 1 saturated heterocycles. The molecule has 1 aliphatic heterocycles. The number of thiazole rings is 1. The van der Waals surface area contributed by atoms with Gasteiger partial charge in [0.25, 0.3) is 10.0 Å². The molecule has 2 aromatic heterocycles. The number of aromatic nitrogens is 3. The molecular formula is C22H20N6O4S2. The molecular weight excluding hydrogens is 476 g/mol. The van der Waals surface area contributed by atoms with Crippen LogP contribution >= 0.6 is 11.3 Å². The number of benzene rings is 2. The lowest BCUT2D eigenvalue weighted by atomic mass is 10.00. The summed E-state index contributed by atoms with van der Waals surface area (Å²) in [5, 5.41) is 3.70. The highest BCUT2D eigenvalue weighted by Crippen LogP contribution is 2.36. The first-order valence-corrected chi connectivity index (χ1v) is 12.6. The van der Waals surface area contributed by atoms with Crippen molar-refractivity contribution in [3.63, 3.8) is 0 Å². The highest BCUT2D eigenvalue weighted by atomic mass is 32.2. The smallest absolute Gasteiger partial charge is 0.264 e. The van der Waals surface area contributed by atoms with Gasteiger partial charge in [0.15, 0.2) is 5.13 Å². The van der Waals surface area contributed by atoms with E-state index in [1.807, 2.05) is 18.2 Å². The van der Waals surface area contributed by atoms with E-state index >= 15 is 0 Å². The Kier molecular flexibility index (Phi) is 5.75. The summed E-state index contributed by atoms with van der Waals surface area (Å²) >= 11 is 1.56. The standard InChI is InChI=1S/C22H20N6O4S2/c1-32-17-4-2-5-18-19(17)26-22(33-18)28-12-14(13-28)20(29)25-15-6-8-16(9-7-15)34(30,31)27-21-23-10-3-11-24-21/h2-11,14H,12-13H2,1H3,(H,25,29)(H,23,24,27). The first-order chi connectivity index (χ1) is 16.4. The molecule has 4 aromatic rings. The van der Waals surface area contributed by atoms with Gasteiger partial charge >= 0.3 is 0 Å². The number of amides is 1. The number of sulfonamides is 1. The van der Waals surface area contributed by atoms with Crippen molar-refractivity contribution in [3.05, 3.63) is 60.9 Å². The minimum atomic E-state index is -3.83. The van der Waals surface area contributed by atoms with Gasteiger partial charge in [-0.1, -0.05) is 17.4 Å². The van der Waals surface area contributed by atoms with Gasteiger partial charge in [0.2, 0.25) is 11.9 Å². The average Bonchev–Trinajstić information content (AvgIpc) is 3.22. The fourth-order valence-corrected chi connectivity index (χ4v) is 5.46. The fourth-order valence-electron chi connectivity index (χ4n) is 3.50. The van der Waals surface area contributed by atoms with Gasteiger partial charge < -0.3 is 15.0 Å². The van der Waals surface area contributed by atoms with Crippen LogP contribution in [0.1, 0.15) is 0 Å². The third-order valence-electron chi connectivity index (χ3n) is 5.34. The van der Waals surface area contributed by atoms with E-state index in [-0.39, 0.29) is 22.7 Å². The minimum Gasteiger partial charge on any atom is -0.494 e. The normalized spacial score (nSPS) is 14.0. The molecule has 3 heterocycles. The maximum absolute atomic E-state index is 12.6. The number of rotatable bonds is 7. The van der Waals surface area contributed by atoms with Gasteiger partial charge in [-0.3, -0.25) is 4.79 Å². The number of nitrogens with one attached hydrogen (secondary N) is 2. The SMILES string of the molecule is COc1cccc2sc(N3CC(C(=O)Nc4ccc(S(=O)(=O)Nc5ncccn5)cc4)C3)nc12. The van der Waals surface area contributed by atoms with Crippen molar-refractivity contribution in [1.82, 2.24) is 15.0 Å². The van der Waals surface area contributed by atoms with Crippen molar-refractivity contribution in [3.8, 4) is 5.75 Å². The lowest BCUT2D eigenvalue weighted by Gasteiger charge is -2.37. The quantitative estimate of drug-likeness (QED) is 0.400. The molecule has 0 unspecified atom stereocenters. The Balaban J connectivity index is 1.19. The van der Waals surface area contributed by atoms with Gasteiger partial charge in [-0.05, 0) is 42.5 Å². The van der Waals surface area contributed by atoms with Crippen LogP contribution in [0.2, 0.25) is 0 Å². The van der Waals surface area contributed by atoms with Crippen molar-refractivity contribution in [2.75, 3.05) is 35.1 Å². The van der Waals surface area contributed by atoms with E-state index in [2.05, 4.69) is 29.9 Å². The molecule has 0 saturated carbocycles. The molecule has 0 radical (unpaired) electrons. The Hall–Kier alpha value is -3.77. The Morgan fingerprint density at radius 2 is 1.82 bits per heavy atom. The maximum atomic E-state index is 12.6. The summed E-state index contributed by atoms with van der Waals surface area (Å²) in [6, 6.07) is 13.3. The van der Waals surface area contributed by atoms with Crippen molar-refractivity contribution in [1.29, 1.82) is 0 Å². The summed E-state index contributed by atoms with van der Waals surface area (Å²) < 4.78 is 33.7. The van der Waals surface area contributed by atoms with E-state index in [0.717, 1.165) is 21.1 Å². The third-order valence-corrected chi connectivity index (χ3v) is 7.76. The molecule has 0 bridgehead atoms. The molecule has 1 fully saturated rings. The zero-order chi connectivity index (χ0) is 23.7. The average molecular weight is 497 g/mol. The van der Waals surface area contributed by atoms with Crippen LogP contribution in [0.4, 0.5) is 16.8 Å². The second-order valence-corrected chi connectivity index (χ2v) is 10.3. The van der Waals surface area contributed by atoms with Gasteiger partial charge in [-0.2, -0.15) is 0 Å². The third kappa shape index (κ3) is 4.37. The van der Waals surface area contributed by atoms with E-state index in [0.29, 0.717) is 18.8 Å². The molecule has 34 heavy (non-hydrogen) atoms. The summed E-state index contributed by atoms with van der Waals surface area (Å²) in [6.07, 6.45) is 2.89. The molecule has 1 amide bonds. The Labute approximate surface area is 199 Å². The number of carbonyl (C=O) groups is 1. The first-order valence-electron chi connectivity index (χ1n) is 10.3. The van der Waals surface area contributed by atoms with Crippen LogP contribution in [-0.2, 0) is 14.8 Å². The molecule has 0 spiro atoms. The van der Waals surface area contributed by atoms with Crippen LogP contribution in [0.3, 0.4) is 0 Å². The Bertz CT molecular complexity index is 1440. The number of anilines is 3. The molecule has 0 aliphatic carbocycles. The highest BCUT2D eigenvalue weighted by Gasteiger charge is 2.34. The number of hydrogen-bond donors (Lipinski definition) is 2. The predicted octanol–water partition coefficient (Wildman–Crippen LogP) is 2.97. The number of methoxy groups -OCH3 is 1. The lowest BCUT2D eigenvalue weighted by Crippen LogP contribution is -2.52. The van der Waals surface area contributed by atoms with E-state index in [1.54, 1.807) is 36.6 Å². The molecule has 2 N–H and O–H groups in total. The summed E-state index contributed by atoms with van der Waals surface area (Å²) in [5.74, 6) is 0.406. The molecule has 2 aromatic carbocycles. The van der Waals surface area contributed by atoms with Gasteiger partial charge in [0, 0.05) is 31.2 Å². The topological polar surface area (TPSA) is 126 Å². The van der Waals surface area contributed by atoms with Crippen LogP contribution in [0.25, 0.3) is 10.2 Å². The van der Waals surface area contributed by atoms with Crippen LogP contribution in [0, 0.1) is 5.92 Å². The molecule has 1 aliphatic rings. The monoisotopic (exact) mass is 496 g/mol. The molecule has 0 atom stereocenters. The number of hydrogen-bond acceptors (Lipinski definition) is 9. The van der Waals surface area contributed by atoms with Crippen LogP contribution < -0.4 is 19.7 Å². The number of carbonyl (C=O) groups excluding carboxylic acids is 1. The predicted molar refractivity (Wildman–Crippen MR) is 130 cm³/mol. The maximum Gasteiger partial charge on any atom is 0.264 e. The number of para-hydroxylation sites is 1. The lowest BCUT2D eigenvalue weighted by molar-refractivity contribution is -0.120. The fraction of sp³-hybridized carbons (Fsp3) is 0.182. The zero-order valence-electron chi connectivity index (χ0n) is 18.0. The van der Waals surface area contributed by atoms with Gasteiger partial charge in [0.1, 0.15) is 11.3 Å². The van der Waals surface area contributed by atoms with Crippen LogP contribution in [0.15, 0.2) is 65.8 Å². The number of ether oxygens (including phenoxy) is 1. The second-order valence-electron chi connectivity index (χ2n) is 7.60. The highest BCUT2D eigenvalue weighted by molar-refractivity contribution is 7.92. The van der Waals surface area contributed by atoms with Gasteiger partial charge in [0.05, 0.1) is 22.6 Å². The Morgan fingerprint density at radius 3 is 2.53 bits per heavy atom. The van der Waals surface area contributed by atoms with Crippen molar-refractivity contribution in [2.24, 2.45) is 5.92 Å². The minimum absolute atomic E-state index is 0.0130. The van der Waals surface area contributed by atoms with Gasteiger partial charge in [-0.25, -0.2) is 28.1 Å². The molecule has 10 nitrogen and oxygen atoms in total. The summed E-state index contributed by atoms with van der Waals surface area (Å²) in [5.41, 5.74) is 1.34. The summed E-state index contributed by atoms with van der Waals surface area (Å²) in [6.45, 7) is 1.11.